The molecule has 1 aliphatic rings. The first-order valence-electron chi connectivity index (χ1n) is 6.59. The van der Waals surface area contributed by atoms with E-state index in [1.165, 1.54) is 11.3 Å². The summed E-state index contributed by atoms with van der Waals surface area (Å²) >= 11 is 1.22. The molecule has 1 unspecified atom stereocenters. The summed E-state index contributed by atoms with van der Waals surface area (Å²) in [5.41, 5.74) is -0.756. The minimum atomic E-state index is -1.08. The average molecular weight is 353 g/mol. The minimum Gasteiger partial charge on any atom is -0.612 e. The first-order chi connectivity index (χ1) is 11.3. The van der Waals surface area contributed by atoms with Gasteiger partial charge in [0.2, 0.25) is 0 Å². The Morgan fingerprint density at radius 1 is 1.38 bits per heavy atom. The Bertz CT molecular complexity index is 932. The number of H-pyrrole nitrogens is 1. The molecule has 3 rings (SSSR count). The smallest absolute Gasteiger partial charge is 0.289 e. The summed E-state index contributed by atoms with van der Waals surface area (Å²) < 4.78 is 4.64. The van der Waals surface area contributed by atoms with Gasteiger partial charge >= 0.3 is 0 Å². The van der Waals surface area contributed by atoms with Crippen molar-refractivity contribution in [3.63, 3.8) is 0 Å². The molecule has 126 valence electrons. The van der Waals surface area contributed by atoms with Crippen LogP contribution in [0.3, 0.4) is 0 Å². The maximum Gasteiger partial charge on any atom is 0.289 e. The SMILES string of the molecule is CN(C)c1ccsc1C1C([N+](=O)[O-])=CC(=[N+]([O-])[O-])c2[nH]o[n+](=O)c21. The van der Waals surface area contributed by atoms with Crippen molar-refractivity contribution in [2.45, 2.75) is 5.92 Å². The van der Waals surface area contributed by atoms with Crippen molar-refractivity contribution in [1.29, 1.82) is 0 Å². The molecule has 1 atom stereocenters. The molecular formula is C12H11N5O6S. The number of allylic oxidation sites excluding steroid dienone is 2. The van der Waals surface area contributed by atoms with E-state index in [0.717, 1.165) is 6.08 Å². The summed E-state index contributed by atoms with van der Waals surface area (Å²) in [4.78, 5) is 24.2. The number of hydrogen-bond acceptors (Lipinski definition) is 8. The van der Waals surface area contributed by atoms with Gasteiger partial charge in [-0.2, -0.15) is 4.90 Å². The van der Waals surface area contributed by atoms with Gasteiger partial charge in [-0.3, -0.25) is 10.1 Å². The normalized spacial score (nSPS) is 16.5. The molecule has 24 heavy (non-hydrogen) atoms. The average Bonchev–Trinajstić information content (AvgIpc) is 3.13. The number of aromatic amines is 1. The molecule has 0 fully saturated rings. The van der Waals surface area contributed by atoms with Gasteiger partial charge < -0.3 is 15.3 Å². The topological polar surface area (TPSA) is 147 Å². The highest BCUT2D eigenvalue weighted by Gasteiger charge is 2.49. The highest BCUT2D eigenvalue weighted by molar-refractivity contribution is 7.10. The molecule has 2 aromatic rings. The number of anilines is 1. The number of aromatic nitrogens is 2. The summed E-state index contributed by atoms with van der Waals surface area (Å²) in [6.07, 6.45) is 0.859. The number of hydrogen-bond donors (Lipinski definition) is 1. The summed E-state index contributed by atoms with van der Waals surface area (Å²) in [5, 5.41) is 37.8. The van der Waals surface area contributed by atoms with Crippen LogP contribution in [0.15, 0.2) is 27.8 Å². The number of thiophene rings is 1. The minimum absolute atomic E-state index is 0.0408. The molecule has 1 aliphatic carbocycles. The van der Waals surface area contributed by atoms with Gasteiger partial charge in [0, 0.05) is 14.1 Å². The second-order valence-corrected chi connectivity index (χ2v) is 6.12. The van der Waals surface area contributed by atoms with Crippen LogP contribution in [0.25, 0.3) is 0 Å². The fraction of sp³-hybridized carbons (Fsp3) is 0.250. The fourth-order valence-electron chi connectivity index (χ4n) is 2.61. The predicted molar refractivity (Wildman–Crippen MR) is 83.1 cm³/mol. The van der Waals surface area contributed by atoms with Crippen molar-refractivity contribution in [1.82, 2.24) is 5.16 Å². The van der Waals surface area contributed by atoms with E-state index in [0.29, 0.717) is 10.6 Å². The van der Waals surface area contributed by atoms with Gasteiger partial charge in [0.25, 0.3) is 22.8 Å². The first kappa shape index (κ1) is 15.7. The number of nitrogens with one attached hydrogen (secondary N) is 1. The van der Waals surface area contributed by atoms with E-state index >= 15 is 0 Å². The molecular weight excluding hydrogens is 342 g/mol. The van der Waals surface area contributed by atoms with E-state index < -0.39 is 27.2 Å². The van der Waals surface area contributed by atoms with Crippen LogP contribution in [0.1, 0.15) is 22.2 Å². The lowest BCUT2D eigenvalue weighted by atomic mass is 9.90. The highest BCUT2D eigenvalue weighted by Crippen LogP contribution is 2.42. The van der Waals surface area contributed by atoms with Crippen LogP contribution in [0.2, 0.25) is 0 Å². The van der Waals surface area contributed by atoms with Crippen molar-refractivity contribution in [2.24, 2.45) is 0 Å². The molecule has 0 saturated heterocycles. The maximum absolute atomic E-state index is 12.0. The van der Waals surface area contributed by atoms with E-state index in [9.17, 15) is 25.4 Å². The Morgan fingerprint density at radius 3 is 2.67 bits per heavy atom. The highest BCUT2D eigenvalue weighted by atomic mass is 32.1. The molecule has 0 aliphatic heterocycles. The Balaban J connectivity index is 2.35. The molecule has 0 bridgehead atoms. The van der Waals surface area contributed by atoms with E-state index in [-0.39, 0.29) is 16.0 Å². The Morgan fingerprint density at radius 2 is 2.08 bits per heavy atom. The Hall–Kier alpha value is -3.15. The maximum atomic E-state index is 12.0. The van der Waals surface area contributed by atoms with Gasteiger partial charge in [-0.1, -0.05) is 9.79 Å². The van der Waals surface area contributed by atoms with Gasteiger partial charge in [-0.05, 0) is 16.4 Å². The Kier molecular flexibility index (Phi) is 3.60. The molecule has 11 nitrogen and oxygen atoms in total. The van der Waals surface area contributed by atoms with Gasteiger partial charge in [-0.25, -0.2) is 0 Å². The molecule has 0 spiro atoms. The summed E-state index contributed by atoms with van der Waals surface area (Å²) in [6, 6.07) is 1.75. The zero-order valence-electron chi connectivity index (χ0n) is 12.5. The van der Waals surface area contributed by atoms with Gasteiger partial charge in [0.15, 0.2) is 10.5 Å². The molecule has 12 heteroatoms. The molecule has 0 saturated carbocycles. The second kappa shape index (κ2) is 5.49. The molecule has 0 amide bonds. The van der Waals surface area contributed by atoms with Crippen LogP contribution in [0, 0.1) is 25.4 Å². The lowest BCUT2D eigenvalue weighted by Gasteiger charge is -2.18. The standard InChI is InChI=1S/C12H11N5O6S/c1-14(2)6-3-4-24-12(6)9-7(15(18)19)5-8(16(20)21)10-11(9)17(22)23-13-10/h3-5,9,13H,1-2H3. The summed E-state index contributed by atoms with van der Waals surface area (Å²) in [6.45, 7) is 0. The van der Waals surface area contributed by atoms with E-state index in [4.69, 9.17) is 0 Å². The molecule has 0 aromatic carbocycles. The zero-order chi connectivity index (χ0) is 17.6. The largest absolute Gasteiger partial charge is 0.612 e. The van der Waals surface area contributed by atoms with Crippen LogP contribution in [-0.2, 0) is 0 Å². The van der Waals surface area contributed by atoms with Crippen molar-refractivity contribution in [2.75, 3.05) is 19.0 Å². The van der Waals surface area contributed by atoms with Crippen LogP contribution in [-0.4, -0.2) is 34.8 Å². The number of fused-ring (bicyclic) bond motifs is 1. The first-order valence-corrected chi connectivity index (χ1v) is 7.47. The predicted octanol–water partition coefficient (Wildman–Crippen LogP) is 0.753. The monoisotopic (exact) mass is 353 g/mol. The zero-order valence-corrected chi connectivity index (χ0v) is 13.3. The van der Waals surface area contributed by atoms with Gasteiger partial charge in [-0.15, -0.1) is 11.3 Å². The lowest BCUT2D eigenvalue weighted by Crippen LogP contribution is -2.31. The summed E-state index contributed by atoms with van der Waals surface area (Å²) in [7, 11) is 3.51. The van der Waals surface area contributed by atoms with Crippen molar-refractivity contribution >= 4 is 22.7 Å². The molecule has 2 heterocycles. The van der Waals surface area contributed by atoms with Gasteiger partial charge in [0.1, 0.15) is 0 Å². The number of nitro groups is 1. The number of rotatable bonds is 3. The van der Waals surface area contributed by atoms with E-state index in [2.05, 4.69) is 9.79 Å². The second-order valence-electron chi connectivity index (χ2n) is 5.18. The van der Waals surface area contributed by atoms with Crippen molar-refractivity contribution in [3.05, 3.63) is 64.9 Å². The van der Waals surface area contributed by atoms with Crippen LogP contribution in [0.4, 0.5) is 5.69 Å². The third-order valence-electron chi connectivity index (χ3n) is 3.62. The molecule has 2 aromatic heterocycles. The van der Waals surface area contributed by atoms with Crippen molar-refractivity contribution in [3.8, 4) is 0 Å². The lowest BCUT2D eigenvalue weighted by molar-refractivity contribution is -0.720. The van der Waals surface area contributed by atoms with Crippen LogP contribution < -0.4 is 9.50 Å². The molecule has 1 N–H and O–H groups in total. The third-order valence-corrected chi connectivity index (χ3v) is 4.59. The van der Waals surface area contributed by atoms with E-state index in [1.54, 1.807) is 30.4 Å². The molecule has 0 radical (unpaired) electrons. The van der Waals surface area contributed by atoms with Crippen molar-refractivity contribution < 1.29 is 19.1 Å². The fourth-order valence-corrected chi connectivity index (χ4v) is 3.69. The summed E-state index contributed by atoms with van der Waals surface area (Å²) in [5.74, 6) is -1.08. The van der Waals surface area contributed by atoms with Crippen LogP contribution >= 0.6 is 11.3 Å². The third kappa shape index (κ3) is 2.23. The van der Waals surface area contributed by atoms with E-state index in [1.807, 2.05) is 0 Å². The number of nitrogens with zero attached hydrogens (tertiary/aromatic N) is 4. The Labute approximate surface area is 137 Å². The van der Waals surface area contributed by atoms with Crippen LogP contribution in [0.5, 0.6) is 0 Å². The quantitative estimate of drug-likeness (QED) is 0.486. The van der Waals surface area contributed by atoms with Gasteiger partial charge in [0.05, 0.1) is 21.6 Å².